The number of rotatable bonds is 6. The number of nitrogens with zero attached hydrogens (tertiary/aromatic N) is 5. The first-order valence-electron chi connectivity index (χ1n) is 12.3. The zero-order valence-electron chi connectivity index (χ0n) is 20.3. The average Bonchev–Trinajstić information content (AvgIpc) is 3.35. The highest BCUT2D eigenvalue weighted by Gasteiger charge is 2.29. The van der Waals surface area contributed by atoms with E-state index in [9.17, 15) is 10.4 Å². The van der Waals surface area contributed by atoms with Crippen molar-refractivity contribution in [1.29, 1.82) is 5.26 Å². The molecule has 3 atom stereocenters. The van der Waals surface area contributed by atoms with E-state index in [0.29, 0.717) is 17.3 Å². The minimum absolute atomic E-state index is 0.0392. The number of ether oxygens (including phenoxy) is 1. The number of nitrogens with one attached hydrogen (secondary N) is 1. The Balaban J connectivity index is 1.24. The Hall–Kier alpha value is -3.25. The summed E-state index contributed by atoms with van der Waals surface area (Å²) in [6.07, 6.45) is 2.98. The Bertz CT molecular complexity index is 1240. The second-order valence-corrected chi connectivity index (χ2v) is 9.57. The molecule has 2 aromatic heterocycles. The van der Waals surface area contributed by atoms with Crippen LogP contribution in [0.25, 0.3) is 10.9 Å². The highest BCUT2D eigenvalue weighted by atomic mass is 16.5. The first-order valence-corrected chi connectivity index (χ1v) is 12.3. The maximum Gasteiger partial charge on any atom is 0.101 e. The van der Waals surface area contributed by atoms with Crippen LogP contribution in [0.4, 0.5) is 11.4 Å². The fourth-order valence-electron chi connectivity index (χ4n) is 5.32. The molecule has 0 saturated carbocycles. The van der Waals surface area contributed by atoms with Crippen molar-refractivity contribution in [3.05, 3.63) is 59.5 Å². The van der Waals surface area contributed by atoms with Crippen LogP contribution in [0.3, 0.4) is 0 Å². The second-order valence-electron chi connectivity index (χ2n) is 9.57. The van der Waals surface area contributed by atoms with Crippen molar-refractivity contribution in [2.45, 2.75) is 45.1 Å². The van der Waals surface area contributed by atoms with E-state index < -0.39 is 0 Å². The summed E-state index contributed by atoms with van der Waals surface area (Å²) >= 11 is 0. The lowest BCUT2D eigenvalue weighted by Crippen LogP contribution is -2.51. The number of hydrogen-bond donors (Lipinski definition) is 2. The quantitative estimate of drug-likeness (QED) is 0.565. The molecule has 3 aromatic rings. The fourth-order valence-corrected chi connectivity index (χ4v) is 5.32. The van der Waals surface area contributed by atoms with Crippen LogP contribution in [-0.2, 0) is 11.3 Å². The smallest absolute Gasteiger partial charge is 0.101 e. The van der Waals surface area contributed by atoms with Crippen LogP contribution < -0.4 is 15.1 Å². The van der Waals surface area contributed by atoms with E-state index in [1.165, 1.54) is 0 Å². The summed E-state index contributed by atoms with van der Waals surface area (Å²) in [6, 6.07) is 14.6. The standard InChI is InChI=1S/C27H32N6O2/c1-18-10-23(11-22(17-34)31-18)32-9-7-21(15-32)30-13-24-16-33(14-19(2)35-24)26-6-5-20(12-28)27-25(26)4-3-8-29-27/h3-6,8,10-11,19,21,24,30,34H,7,9,13-17H2,1-2H3/t19-,21?,24+/m1/s1. The maximum atomic E-state index is 9.49. The molecule has 1 unspecified atom stereocenters. The Morgan fingerprint density at radius 2 is 2.09 bits per heavy atom. The number of aromatic nitrogens is 2. The fraction of sp³-hybridized carbons (Fsp3) is 0.444. The number of anilines is 2. The Morgan fingerprint density at radius 1 is 1.20 bits per heavy atom. The van der Waals surface area contributed by atoms with Crippen LogP contribution in [0.1, 0.15) is 30.3 Å². The number of nitriles is 1. The lowest BCUT2D eigenvalue weighted by atomic mass is 10.1. The summed E-state index contributed by atoms with van der Waals surface area (Å²) in [5.74, 6) is 0. The molecule has 2 aliphatic heterocycles. The van der Waals surface area contributed by atoms with Gasteiger partial charge in [0.1, 0.15) is 6.07 Å². The van der Waals surface area contributed by atoms with Crippen molar-refractivity contribution in [2.24, 2.45) is 0 Å². The molecule has 8 nitrogen and oxygen atoms in total. The first kappa shape index (κ1) is 23.5. The molecule has 35 heavy (non-hydrogen) atoms. The summed E-state index contributed by atoms with van der Waals surface area (Å²) in [7, 11) is 0. The van der Waals surface area contributed by atoms with E-state index in [0.717, 1.165) is 67.1 Å². The molecule has 1 aromatic carbocycles. The third-order valence-electron chi connectivity index (χ3n) is 6.87. The molecule has 182 valence electrons. The van der Waals surface area contributed by atoms with Gasteiger partial charge in [0, 0.05) is 67.4 Å². The normalized spacial score (nSPS) is 22.5. The van der Waals surface area contributed by atoms with Gasteiger partial charge in [0.25, 0.3) is 0 Å². The van der Waals surface area contributed by atoms with Crippen molar-refractivity contribution < 1.29 is 9.84 Å². The van der Waals surface area contributed by atoms with Crippen molar-refractivity contribution in [3.8, 4) is 6.07 Å². The summed E-state index contributed by atoms with van der Waals surface area (Å²) < 4.78 is 6.29. The minimum atomic E-state index is -0.0392. The van der Waals surface area contributed by atoms with Gasteiger partial charge in [-0.1, -0.05) is 0 Å². The molecule has 5 rings (SSSR count). The highest BCUT2D eigenvalue weighted by Crippen LogP contribution is 2.30. The van der Waals surface area contributed by atoms with E-state index in [1.54, 1.807) is 6.20 Å². The van der Waals surface area contributed by atoms with Gasteiger partial charge >= 0.3 is 0 Å². The average molecular weight is 473 g/mol. The predicted molar refractivity (Wildman–Crippen MR) is 137 cm³/mol. The third kappa shape index (κ3) is 5.08. The number of morpholine rings is 1. The molecule has 0 amide bonds. The number of aliphatic hydroxyl groups is 1. The Labute approximate surface area is 206 Å². The third-order valence-corrected chi connectivity index (χ3v) is 6.87. The summed E-state index contributed by atoms with van der Waals surface area (Å²) in [5.41, 5.74) is 5.23. The topological polar surface area (TPSA) is 97.5 Å². The number of aryl methyl sites for hydroxylation is 1. The van der Waals surface area contributed by atoms with Crippen molar-refractivity contribution in [2.75, 3.05) is 42.5 Å². The van der Waals surface area contributed by atoms with Gasteiger partial charge in [-0.25, -0.2) is 0 Å². The van der Waals surface area contributed by atoms with Crippen molar-refractivity contribution >= 4 is 22.3 Å². The van der Waals surface area contributed by atoms with Crippen LogP contribution in [0, 0.1) is 18.3 Å². The van der Waals surface area contributed by atoms with E-state index in [4.69, 9.17) is 4.74 Å². The number of aliphatic hydroxyl groups excluding tert-OH is 1. The second kappa shape index (κ2) is 10.2. The monoisotopic (exact) mass is 472 g/mol. The summed E-state index contributed by atoms with van der Waals surface area (Å²) in [5, 5.41) is 23.7. The molecule has 2 N–H and O–H groups in total. The molecule has 0 spiro atoms. The van der Waals surface area contributed by atoms with Gasteiger partial charge in [0.2, 0.25) is 0 Å². The lowest BCUT2D eigenvalue weighted by molar-refractivity contribution is -0.0155. The summed E-state index contributed by atoms with van der Waals surface area (Å²) in [4.78, 5) is 13.6. The Morgan fingerprint density at radius 3 is 2.91 bits per heavy atom. The molecule has 0 bridgehead atoms. The van der Waals surface area contributed by atoms with E-state index in [-0.39, 0.29) is 18.8 Å². The van der Waals surface area contributed by atoms with E-state index >= 15 is 0 Å². The van der Waals surface area contributed by atoms with Crippen LogP contribution in [-0.4, -0.2) is 66.0 Å². The molecule has 2 saturated heterocycles. The van der Waals surface area contributed by atoms with Crippen molar-refractivity contribution in [3.63, 3.8) is 0 Å². The number of benzene rings is 1. The van der Waals surface area contributed by atoms with Gasteiger partial charge in [0.05, 0.1) is 35.6 Å². The van der Waals surface area contributed by atoms with E-state index in [1.807, 2.05) is 37.3 Å². The number of hydrogen-bond acceptors (Lipinski definition) is 8. The lowest BCUT2D eigenvalue weighted by Gasteiger charge is -2.39. The zero-order chi connectivity index (χ0) is 24.4. The van der Waals surface area contributed by atoms with Gasteiger partial charge in [-0.05, 0) is 56.7 Å². The number of fused-ring (bicyclic) bond motifs is 1. The molecule has 2 aliphatic rings. The van der Waals surface area contributed by atoms with Crippen LogP contribution in [0.5, 0.6) is 0 Å². The van der Waals surface area contributed by atoms with Gasteiger partial charge in [-0.15, -0.1) is 0 Å². The van der Waals surface area contributed by atoms with E-state index in [2.05, 4.69) is 44.1 Å². The molecule has 0 aliphatic carbocycles. The largest absolute Gasteiger partial charge is 0.390 e. The SMILES string of the molecule is Cc1cc(N2CCC(NC[C@H]3CN(c4ccc(C#N)c5ncccc45)C[C@@H](C)O3)C2)cc(CO)n1. The molecular weight excluding hydrogens is 440 g/mol. The highest BCUT2D eigenvalue weighted by molar-refractivity contribution is 5.95. The molecule has 8 heteroatoms. The molecular formula is C27H32N6O2. The Kier molecular flexibility index (Phi) is 6.82. The predicted octanol–water partition coefficient (Wildman–Crippen LogP) is 2.76. The van der Waals surface area contributed by atoms with Gasteiger partial charge < -0.3 is 25.0 Å². The molecule has 2 fully saturated rings. The summed E-state index contributed by atoms with van der Waals surface area (Å²) in [6.45, 7) is 8.31. The van der Waals surface area contributed by atoms with Gasteiger partial charge in [-0.3, -0.25) is 9.97 Å². The van der Waals surface area contributed by atoms with Gasteiger partial charge in [-0.2, -0.15) is 5.26 Å². The van der Waals surface area contributed by atoms with Crippen LogP contribution in [0.2, 0.25) is 0 Å². The van der Waals surface area contributed by atoms with Crippen LogP contribution >= 0.6 is 0 Å². The van der Waals surface area contributed by atoms with Crippen LogP contribution in [0.15, 0.2) is 42.6 Å². The minimum Gasteiger partial charge on any atom is -0.390 e. The van der Waals surface area contributed by atoms with Crippen molar-refractivity contribution in [1.82, 2.24) is 15.3 Å². The zero-order valence-corrected chi connectivity index (χ0v) is 20.3. The number of pyridine rings is 2. The molecule has 4 heterocycles. The van der Waals surface area contributed by atoms with Gasteiger partial charge in [0.15, 0.2) is 0 Å². The maximum absolute atomic E-state index is 9.49. The first-order chi connectivity index (χ1) is 17.0. The molecule has 0 radical (unpaired) electrons.